The topological polar surface area (TPSA) is 102 Å². The zero-order chi connectivity index (χ0) is 18.0. The Morgan fingerprint density at radius 1 is 1.12 bits per heavy atom. The van der Waals surface area contributed by atoms with Gasteiger partial charge in [-0.25, -0.2) is 4.79 Å². The second kappa shape index (κ2) is 7.06. The third kappa shape index (κ3) is 3.41. The predicted octanol–water partition coefficient (Wildman–Crippen LogP) is 1.85. The van der Waals surface area contributed by atoms with Crippen LogP contribution in [0.25, 0.3) is 0 Å². The lowest BCUT2D eigenvalue weighted by Crippen LogP contribution is -2.39. The van der Waals surface area contributed by atoms with Gasteiger partial charge in [0.25, 0.3) is 0 Å². The summed E-state index contributed by atoms with van der Waals surface area (Å²) in [4.78, 5) is 35.7. The fraction of sp³-hybridized carbons (Fsp3) is 0.389. The average molecular weight is 345 g/mol. The van der Waals surface area contributed by atoms with Crippen LogP contribution in [0.5, 0.6) is 0 Å². The van der Waals surface area contributed by atoms with E-state index < -0.39 is 41.9 Å². The number of esters is 1. The van der Waals surface area contributed by atoms with Crippen molar-refractivity contribution in [1.82, 2.24) is 0 Å². The Balaban J connectivity index is 1.66. The highest BCUT2D eigenvalue weighted by molar-refractivity contribution is 5.97. The molecule has 25 heavy (non-hydrogen) atoms. The Morgan fingerprint density at radius 2 is 1.76 bits per heavy atom. The first-order valence-corrected chi connectivity index (χ1v) is 8.16. The molecule has 0 aromatic heterocycles. The van der Waals surface area contributed by atoms with Crippen LogP contribution in [0.15, 0.2) is 36.4 Å². The lowest BCUT2D eigenvalue weighted by Gasteiger charge is -2.21. The van der Waals surface area contributed by atoms with Gasteiger partial charge >= 0.3 is 11.9 Å². The summed E-state index contributed by atoms with van der Waals surface area (Å²) in [5, 5.41) is 12.0. The second-order valence-corrected chi connectivity index (χ2v) is 6.04. The largest absolute Gasteiger partial charge is 0.481 e. The number of hydrogen-bond donors (Lipinski definition) is 2. The number of carbonyl (C=O) groups is 3. The van der Waals surface area contributed by atoms with Crippen molar-refractivity contribution in [1.29, 1.82) is 0 Å². The minimum atomic E-state index is -1.05. The van der Waals surface area contributed by atoms with Crippen LogP contribution in [-0.2, 0) is 19.1 Å². The van der Waals surface area contributed by atoms with Gasteiger partial charge < -0.3 is 19.9 Å². The van der Waals surface area contributed by atoms with Gasteiger partial charge in [-0.3, -0.25) is 9.59 Å². The molecule has 0 aliphatic carbocycles. The molecule has 4 atom stereocenters. The fourth-order valence-electron chi connectivity index (χ4n) is 3.11. The van der Waals surface area contributed by atoms with Gasteiger partial charge in [-0.15, -0.1) is 0 Å². The van der Waals surface area contributed by atoms with Crippen LogP contribution in [0.3, 0.4) is 0 Å². The Morgan fingerprint density at radius 3 is 2.36 bits per heavy atom. The maximum Gasteiger partial charge on any atom is 0.338 e. The van der Waals surface area contributed by atoms with Crippen molar-refractivity contribution in [3.05, 3.63) is 42.0 Å². The minimum absolute atomic E-state index is 0.353. The normalized spacial score (nSPS) is 26.4. The van der Waals surface area contributed by atoms with Crippen LogP contribution in [0, 0.1) is 11.8 Å². The molecule has 7 nitrogen and oxygen atoms in total. The molecular formula is C18H19NO6. The number of carboxylic acids is 1. The molecule has 7 heteroatoms. The lowest BCUT2D eigenvalue weighted by atomic mass is 9.82. The Hall–Kier alpha value is -2.67. The molecule has 2 aliphatic heterocycles. The van der Waals surface area contributed by atoms with Crippen LogP contribution in [0.1, 0.15) is 23.7 Å². The van der Waals surface area contributed by atoms with Gasteiger partial charge in [0.2, 0.25) is 5.91 Å². The SMILES string of the molecule is CCCOC(=O)c1ccc(NC(=O)[C@H]2[C@H](C(=O)O)[C@H]3C=C[C@H]2O3)cc1. The fourth-order valence-corrected chi connectivity index (χ4v) is 3.11. The molecule has 0 radical (unpaired) electrons. The molecule has 0 spiro atoms. The molecule has 132 valence electrons. The zero-order valence-corrected chi connectivity index (χ0v) is 13.7. The first kappa shape index (κ1) is 17.2. The van der Waals surface area contributed by atoms with Crippen molar-refractivity contribution < 1.29 is 29.0 Å². The van der Waals surface area contributed by atoms with E-state index in [9.17, 15) is 19.5 Å². The number of fused-ring (bicyclic) bond motifs is 2. The average Bonchev–Trinajstić information content (AvgIpc) is 3.21. The predicted molar refractivity (Wildman–Crippen MR) is 88.1 cm³/mol. The van der Waals surface area contributed by atoms with E-state index in [0.29, 0.717) is 17.9 Å². The highest BCUT2D eigenvalue weighted by Crippen LogP contribution is 2.39. The van der Waals surface area contributed by atoms with Crippen molar-refractivity contribution in [2.45, 2.75) is 25.6 Å². The number of benzene rings is 1. The summed E-state index contributed by atoms with van der Waals surface area (Å²) in [5.74, 6) is -3.55. The molecule has 1 saturated heterocycles. The van der Waals surface area contributed by atoms with E-state index in [1.165, 1.54) is 0 Å². The number of aliphatic carboxylic acids is 1. The molecule has 1 amide bonds. The Bertz CT molecular complexity index is 711. The Kier molecular flexibility index (Phi) is 4.85. The molecule has 2 aliphatic rings. The summed E-state index contributed by atoms with van der Waals surface area (Å²) >= 11 is 0. The van der Waals surface area contributed by atoms with Crippen LogP contribution >= 0.6 is 0 Å². The maximum absolute atomic E-state index is 12.5. The van der Waals surface area contributed by atoms with E-state index in [1.54, 1.807) is 36.4 Å². The maximum atomic E-state index is 12.5. The van der Waals surface area contributed by atoms with E-state index in [1.807, 2.05) is 6.92 Å². The first-order chi connectivity index (χ1) is 12.0. The summed E-state index contributed by atoms with van der Waals surface area (Å²) in [7, 11) is 0. The highest BCUT2D eigenvalue weighted by atomic mass is 16.5. The van der Waals surface area contributed by atoms with Gasteiger partial charge in [0.05, 0.1) is 30.3 Å². The van der Waals surface area contributed by atoms with Crippen LogP contribution in [-0.4, -0.2) is 41.8 Å². The number of amides is 1. The monoisotopic (exact) mass is 345 g/mol. The first-order valence-electron chi connectivity index (χ1n) is 8.16. The number of carboxylic acid groups (broad SMARTS) is 1. The molecule has 2 bridgehead atoms. The van der Waals surface area contributed by atoms with E-state index >= 15 is 0 Å². The molecule has 2 heterocycles. The minimum Gasteiger partial charge on any atom is -0.481 e. The summed E-state index contributed by atoms with van der Waals surface area (Å²) in [5.41, 5.74) is 0.869. The number of ether oxygens (including phenoxy) is 2. The van der Waals surface area contributed by atoms with Gasteiger partial charge in [-0.05, 0) is 30.7 Å². The molecule has 2 N–H and O–H groups in total. The third-order valence-electron chi connectivity index (χ3n) is 4.31. The molecule has 0 saturated carbocycles. The van der Waals surface area contributed by atoms with E-state index in [4.69, 9.17) is 9.47 Å². The number of rotatable bonds is 6. The number of anilines is 1. The van der Waals surface area contributed by atoms with Gasteiger partial charge in [0.15, 0.2) is 0 Å². The molecule has 1 fully saturated rings. The summed E-state index contributed by atoms with van der Waals surface area (Å²) < 4.78 is 10.5. The highest BCUT2D eigenvalue weighted by Gasteiger charge is 2.53. The molecular weight excluding hydrogens is 326 g/mol. The van der Waals surface area contributed by atoms with Crippen molar-refractivity contribution >= 4 is 23.5 Å². The van der Waals surface area contributed by atoms with Crippen LogP contribution in [0.2, 0.25) is 0 Å². The van der Waals surface area contributed by atoms with Crippen molar-refractivity contribution in [2.24, 2.45) is 11.8 Å². The van der Waals surface area contributed by atoms with E-state index in [-0.39, 0.29) is 0 Å². The van der Waals surface area contributed by atoms with Gasteiger partial charge in [-0.2, -0.15) is 0 Å². The van der Waals surface area contributed by atoms with Gasteiger partial charge in [0, 0.05) is 5.69 Å². The molecule has 0 unspecified atom stereocenters. The number of nitrogens with one attached hydrogen (secondary N) is 1. The third-order valence-corrected chi connectivity index (χ3v) is 4.31. The second-order valence-electron chi connectivity index (χ2n) is 6.04. The molecule has 3 rings (SSSR count). The summed E-state index contributed by atoms with van der Waals surface area (Å²) in [6.45, 7) is 2.26. The lowest BCUT2D eigenvalue weighted by molar-refractivity contribution is -0.145. The van der Waals surface area contributed by atoms with Crippen LogP contribution < -0.4 is 5.32 Å². The molecule has 1 aromatic carbocycles. The summed E-state index contributed by atoms with van der Waals surface area (Å²) in [6, 6.07) is 6.28. The number of carbonyl (C=O) groups excluding carboxylic acids is 2. The van der Waals surface area contributed by atoms with Gasteiger partial charge in [0.1, 0.15) is 5.92 Å². The van der Waals surface area contributed by atoms with Crippen LogP contribution in [0.4, 0.5) is 5.69 Å². The standard InChI is InChI=1S/C18H19NO6/c1-2-9-24-18(23)10-3-5-11(6-4-10)19-16(20)14-12-7-8-13(25-12)15(14)17(21)22/h3-8,12-15H,2,9H2,1H3,(H,19,20)(H,21,22)/t12-,13-,14-,15-/m1/s1. The van der Waals surface area contributed by atoms with E-state index in [0.717, 1.165) is 6.42 Å². The zero-order valence-electron chi connectivity index (χ0n) is 13.7. The van der Waals surface area contributed by atoms with Gasteiger partial charge in [-0.1, -0.05) is 19.1 Å². The van der Waals surface area contributed by atoms with Crippen molar-refractivity contribution in [3.8, 4) is 0 Å². The summed E-state index contributed by atoms with van der Waals surface area (Å²) in [6.07, 6.45) is 3.07. The quantitative estimate of drug-likeness (QED) is 0.603. The van der Waals surface area contributed by atoms with E-state index in [2.05, 4.69) is 5.32 Å². The smallest absolute Gasteiger partial charge is 0.338 e. The number of hydrogen-bond acceptors (Lipinski definition) is 5. The van der Waals surface area contributed by atoms with Crippen molar-refractivity contribution in [3.63, 3.8) is 0 Å². The Labute approximate surface area is 144 Å². The van der Waals surface area contributed by atoms with Crippen molar-refractivity contribution in [2.75, 3.05) is 11.9 Å². The molecule has 1 aromatic rings.